The zero-order valence-corrected chi connectivity index (χ0v) is 18.6. The minimum absolute atomic E-state index is 0.0776. The SMILES string of the molecule is C[B]c1ccc(Oc2cccc(CC(=O)O)c2)c(CN2C(=O)O[C@@H](c3ccccc3)[C@H]2C)c1. The van der Waals surface area contributed by atoms with Crippen molar-refractivity contribution in [2.24, 2.45) is 0 Å². The lowest BCUT2D eigenvalue weighted by Crippen LogP contribution is -2.32. The van der Waals surface area contributed by atoms with E-state index in [1.807, 2.05) is 69.6 Å². The van der Waals surface area contributed by atoms with Gasteiger partial charge in [-0.2, -0.15) is 0 Å². The van der Waals surface area contributed by atoms with Gasteiger partial charge < -0.3 is 14.6 Å². The highest BCUT2D eigenvalue weighted by atomic mass is 16.6. The number of carboxylic acids is 1. The third-order valence-corrected chi connectivity index (χ3v) is 5.76. The average Bonchev–Trinajstić information content (AvgIpc) is 3.09. The summed E-state index contributed by atoms with van der Waals surface area (Å²) in [4.78, 5) is 25.5. The molecule has 1 aliphatic heterocycles. The van der Waals surface area contributed by atoms with E-state index in [1.54, 1.807) is 29.2 Å². The molecule has 0 aliphatic carbocycles. The fourth-order valence-corrected chi connectivity index (χ4v) is 4.01. The fraction of sp³-hybridized carbons (Fsp3) is 0.231. The lowest BCUT2D eigenvalue weighted by molar-refractivity contribution is -0.136. The number of nitrogens with zero attached hydrogens (tertiary/aromatic N) is 1. The van der Waals surface area contributed by atoms with Crippen molar-refractivity contribution in [3.63, 3.8) is 0 Å². The molecular formula is C26H25BNO5. The molecular weight excluding hydrogens is 417 g/mol. The molecule has 0 saturated carbocycles. The molecule has 1 amide bonds. The van der Waals surface area contributed by atoms with Crippen molar-refractivity contribution in [2.75, 3.05) is 0 Å². The van der Waals surface area contributed by atoms with E-state index >= 15 is 0 Å². The number of aliphatic carboxylic acids is 1. The van der Waals surface area contributed by atoms with E-state index in [0.29, 0.717) is 23.6 Å². The maximum absolute atomic E-state index is 12.7. The molecule has 1 radical (unpaired) electrons. The second kappa shape index (κ2) is 9.82. The third-order valence-electron chi connectivity index (χ3n) is 5.76. The van der Waals surface area contributed by atoms with Crippen LogP contribution in [0.3, 0.4) is 0 Å². The molecule has 7 heteroatoms. The van der Waals surface area contributed by atoms with Crippen LogP contribution in [0, 0.1) is 0 Å². The molecule has 1 heterocycles. The molecule has 0 aromatic heterocycles. The third kappa shape index (κ3) is 5.19. The minimum Gasteiger partial charge on any atom is -0.481 e. The Balaban J connectivity index is 1.59. The number of rotatable bonds is 8. The lowest BCUT2D eigenvalue weighted by Gasteiger charge is -2.23. The molecule has 33 heavy (non-hydrogen) atoms. The number of carbonyl (C=O) groups excluding carboxylic acids is 1. The van der Waals surface area contributed by atoms with Gasteiger partial charge in [-0.05, 0) is 36.2 Å². The fourth-order valence-electron chi connectivity index (χ4n) is 4.01. The van der Waals surface area contributed by atoms with Crippen LogP contribution >= 0.6 is 0 Å². The summed E-state index contributed by atoms with van der Waals surface area (Å²) in [5.74, 6) is 0.254. The first-order valence-corrected chi connectivity index (χ1v) is 10.9. The Morgan fingerprint density at radius 2 is 1.88 bits per heavy atom. The van der Waals surface area contributed by atoms with E-state index in [-0.39, 0.29) is 24.7 Å². The van der Waals surface area contributed by atoms with Gasteiger partial charge in [0.1, 0.15) is 24.9 Å². The Hall–Kier alpha value is -3.74. The van der Waals surface area contributed by atoms with Crippen molar-refractivity contribution in [2.45, 2.75) is 38.9 Å². The number of ether oxygens (including phenoxy) is 2. The van der Waals surface area contributed by atoms with Gasteiger partial charge in [0, 0.05) is 5.56 Å². The Bertz CT molecular complexity index is 1150. The first kappa shape index (κ1) is 22.5. The number of carboxylic acid groups (broad SMARTS) is 1. The standard InChI is InChI=1S/C26H25BNO5/c1-17-25(19-8-4-3-5-9-19)33-26(31)28(17)16-20-15-21(27-2)11-12-23(20)32-22-10-6-7-18(13-22)14-24(29)30/h3-13,15,17,25H,14,16H2,1-2H3,(H,29,30)/t17-,25-/m1/s1. The van der Waals surface area contributed by atoms with Gasteiger partial charge in [-0.25, -0.2) is 4.79 Å². The number of benzene rings is 3. The maximum Gasteiger partial charge on any atom is 0.411 e. The van der Waals surface area contributed by atoms with Gasteiger partial charge in [0.15, 0.2) is 0 Å². The van der Waals surface area contributed by atoms with Gasteiger partial charge in [-0.3, -0.25) is 9.69 Å². The van der Waals surface area contributed by atoms with Crippen molar-refractivity contribution < 1.29 is 24.2 Å². The van der Waals surface area contributed by atoms with Crippen molar-refractivity contribution >= 4 is 24.8 Å². The second-order valence-corrected chi connectivity index (χ2v) is 8.06. The van der Waals surface area contributed by atoms with Crippen LogP contribution in [0.2, 0.25) is 6.82 Å². The molecule has 1 fully saturated rings. The van der Waals surface area contributed by atoms with Crippen molar-refractivity contribution in [1.82, 2.24) is 4.90 Å². The van der Waals surface area contributed by atoms with Gasteiger partial charge in [-0.15, -0.1) is 0 Å². The summed E-state index contributed by atoms with van der Waals surface area (Å²) in [6.07, 6.45) is -0.778. The van der Waals surface area contributed by atoms with Crippen LogP contribution < -0.4 is 10.2 Å². The van der Waals surface area contributed by atoms with E-state index in [1.165, 1.54) is 0 Å². The van der Waals surface area contributed by atoms with Crippen LogP contribution in [-0.2, 0) is 22.5 Å². The highest BCUT2D eigenvalue weighted by Gasteiger charge is 2.39. The van der Waals surface area contributed by atoms with Crippen molar-refractivity contribution in [3.05, 3.63) is 89.5 Å². The molecule has 0 bridgehead atoms. The van der Waals surface area contributed by atoms with Crippen LogP contribution in [0.5, 0.6) is 11.5 Å². The molecule has 0 spiro atoms. The summed E-state index contributed by atoms with van der Waals surface area (Å²) in [5.41, 5.74) is 3.47. The predicted molar refractivity (Wildman–Crippen MR) is 126 cm³/mol. The summed E-state index contributed by atoms with van der Waals surface area (Å²) < 4.78 is 11.8. The van der Waals surface area contributed by atoms with Crippen molar-refractivity contribution in [1.29, 1.82) is 0 Å². The molecule has 167 valence electrons. The predicted octanol–water partition coefficient (Wildman–Crippen LogP) is 4.57. The molecule has 4 rings (SSSR count). The number of hydrogen-bond donors (Lipinski definition) is 1. The Morgan fingerprint density at radius 1 is 1.09 bits per heavy atom. The van der Waals surface area contributed by atoms with Gasteiger partial charge in [-0.1, -0.05) is 66.9 Å². The molecule has 0 unspecified atom stereocenters. The molecule has 1 N–H and O–H groups in total. The van der Waals surface area contributed by atoms with Crippen LogP contribution in [0.1, 0.15) is 29.7 Å². The van der Waals surface area contributed by atoms with E-state index in [2.05, 4.69) is 0 Å². The number of cyclic esters (lactones) is 1. The van der Waals surface area contributed by atoms with Gasteiger partial charge in [0.2, 0.25) is 0 Å². The average molecular weight is 442 g/mol. The van der Waals surface area contributed by atoms with Crippen LogP contribution in [0.15, 0.2) is 72.8 Å². The normalized spacial score (nSPS) is 17.5. The zero-order valence-electron chi connectivity index (χ0n) is 18.6. The molecule has 1 saturated heterocycles. The zero-order chi connectivity index (χ0) is 23.4. The number of hydrogen-bond acceptors (Lipinski definition) is 4. The van der Waals surface area contributed by atoms with Crippen molar-refractivity contribution in [3.8, 4) is 11.5 Å². The largest absolute Gasteiger partial charge is 0.481 e. The monoisotopic (exact) mass is 442 g/mol. The highest BCUT2D eigenvalue weighted by molar-refractivity contribution is 6.51. The van der Waals surface area contributed by atoms with E-state index in [4.69, 9.17) is 14.6 Å². The second-order valence-electron chi connectivity index (χ2n) is 8.06. The van der Waals surface area contributed by atoms with E-state index < -0.39 is 5.97 Å². The Morgan fingerprint density at radius 3 is 2.61 bits per heavy atom. The van der Waals surface area contributed by atoms with Gasteiger partial charge >= 0.3 is 12.1 Å². The lowest BCUT2D eigenvalue weighted by atomic mass is 9.73. The van der Waals surface area contributed by atoms with Gasteiger partial charge in [0.05, 0.1) is 19.0 Å². The summed E-state index contributed by atoms with van der Waals surface area (Å²) in [7, 11) is 1.99. The smallest absolute Gasteiger partial charge is 0.411 e. The summed E-state index contributed by atoms with van der Waals surface area (Å²) >= 11 is 0. The first-order chi connectivity index (χ1) is 15.9. The van der Waals surface area contributed by atoms with E-state index in [0.717, 1.165) is 16.6 Å². The summed E-state index contributed by atoms with van der Waals surface area (Å²) in [5, 5.41) is 9.07. The van der Waals surface area contributed by atoms with E-state index in [9.17, 15) is 9.59 Å². The number of carbonyl (C=O) groups is 2. The minimum atomic E-state index is -0.898. The maximum atomic E-state index is 12.7. The van der Waals surface area contributed by atoms with Crippen LogP contribution in [0.4, 0.5) is 4.79 Å². The summed E-state index contributed by atoms with van der Waals surface area (Å²) in [6, 6.07) is 22.4. The molecule has 3 aromatic carbocycles. The molecule has 6 nitrogen and oxygen atoms in total. The molecule has 3 aromatic rings. The number of amides is 1. The van der Waals surface area contributed by atoms with Crippen LogP contribution in [0.25, 0.3) is 0 Å². The Labute approximate surface area is 194 Å². The quantitative estimate of drug-likeness (QED) is 0.518. The van der Waals surface area contributed by atoms with Crippen LogP contribution in [-0.4, -0.2) is 35.4 Å². The first-order valence-electron chi connectivity index (χ1n) is 10.9. The highest BCUT2D eigenvalue weighted by Crippen LogP contribution is 2.35. The summed E-state index contributed by atoms with van der Waals surface area (Å²) in [6.45, 7) is 4.26. The Kier molecular flexibility index (Phi) is 6.68. The molecule has 2 atom stereocenters. The topological polar surface area (TPSA) is 76.1 Å². The van der Waals surface area contributed by atoms with Gasteiger partial charge in [0.25, 0.3) is 0 Å². The molecule has 1 aliphatic rings.